The number of hydrogen-bond acceptors (Lipinski definition) is 12. The predicted molar refractivity (Wildman–Crippen MR) is 278 cm³/mol. The zero-order valence-corrected chi connectivity index (χ0v) is 43.4. The number of benzene rings is 2. The van der Waals surface area contributed by atoms with Crippen LogP contribution < -0.4 is 5.73 Å². The van der Waals surface area contributed by atoms with Gasteiger partial charge in [-0.2, -0.15) is 0 Å². The van der Waals surface area contributed by atoms with Crippen LogP contribution in [-0.2, 0) is 66.0 Å². The van der Waals surface area contributed by atoms with Crippen molar-refractivity contribution in [2.45, 2.75) is 91.8 Å². The first kappa shape index (κ1) is 52.8. The number of primary amides is 1. The molecule has 2 aliphatic heterocycles. The minimum Gasteiger partial charge on any atom is -0.463 e. The van der Waals surface area contributed by atoms with E-state index in [-0.39, 0.29) is 54.5 Å². The third-order valence-electron chi connectivity index (χ3n) is 12.8. The summed E-state index contributed by atoms with van der Waals surface area (Å²) in [4.78, 5) is 97.7. The second-order valence-electron chi connectivity index (χ2n) is 20.7. The molecular formula is C56H55F2N9O10. The van der Waals surface area contributed by atoms with Gasteiger partial charge in [-0.3, -0.25) is 23.6 Å². The van der Waals surface area contributed by atoms with Crippen LogP contribution in [0.4, 0.5) is 18.4 Å². The molecule has 0 radical (unpaired) electrons. The van der Waals surface area contributed by atoms with Gasteiger partial charge in [0.15, 0.2) is 11.6 Å². The van der Waals surface area contributed by atoms with Crippen LogP contribution in [0.3, 0.4) is 0 Å². The molecule has 3 amide bonds. The van der Waals surface area contributed by atoms with Crippen LogP contribution in [0.25, 0.3) is 44.2 Å². The summed E-state index contributed by atoms with van der Waals surface area (Å²) < 4.78 is 51.9. The number of fused-ring (bicyclic) bond motifs is 2. The van der Waals surface area contributed by atoms with E-state index in [0.717, 1.165) is 24.0 Å². The highest BCUT2D eigenvalue weighted by molar-refractivity contribution is 6.51. The lowest BCUT2D eigenvalue weighted by Gasteiger charge is -2.26. The predicted octanol–water partition coefficient (Wildman–Crippen LogP) is 7.88. The number of esters is 1. The van der Waals surface area contributed by atoms with Gasteiger partial charge >= 0.3 is 18.2 Å². The summed E-state index contributed by atoms with van der Waals surface area (Å²) in [6.07, 6.45) is 9.24. The molecule has 1 aliphatic carbocycles. The van der Waals surface area contributed by atoms with E-state index in [9.17, 15) is 42.3 Å². The summed E-state index contributed by atoms with van der Waals surface area (Å²) in [5, 5.41) is 0.858. The van der Waals surface area contributed by atoms with Crippen LogP contribution in [-0.4, -0.2) is 111 Å². The maximum absolute atomic E-state index is 14.9. The fourth-order valence-electron chi connectivity index (χ4n) is 9.72. The Morgan fingerprint density at radius 1 is 0.662 bits per heavy atom. The first-order valence-corrected chi connectivity index (χ1v) is 24.6. The number of carbonyl (C=O) groups excluding carboxylic acids is 7. The molecule has 0 fully saturated rings. The largest absolute Gasteiger partial charge is 0.463 e. The molecule has 2 N–H and O–H groups in total. The first-order chi connectivity index (χ1) is 36.5. The number of allylic oxidation sites excluding steroid dienone is 2. The maximum Gasteiger partial charge on any atom is 0.410 e. The van der Waals surface area contributed by atoms with Gasteiger partial charge in [0.2, 0.25) is 5.91 Å². The van der Waals surface area contributed by atoms with Gasteiger partial charge in [0, 0.05) is 79.1 Å². The Kier molecular flexibility index (Phi) is 14.1. The highest BCUT2D eigenvalue weighted by atomic mass is 19.1. The minimum absolute atomic E-state index is 0.0864. The van der Waals surface area contributed by atoms with Crippen LogP contribution in [0.2, 0.25) is 0 Å². The minimum atomic E-state index is -1.01. The Hall–Kier alpha value is -9.01. The number of halogens is 2. The molecule has 6 aromatic heterocycles. The third kappa shape index (κ3) is 10.9. The SMILES string of the molecule is CC(C)(C)OC(=O)N1CCn2cc(C3=C(c4cnc5ccccn45)C(=O)CC3=O)c3cc(F)cc(c32)C1.COC(=O)C(=O)c1cn2c3c(cc(F)cc13)CN(C(=O)OC(C)(C)C)CC2.NC(=O)Cc1cnc2ccccn12. The van der Waals surface area contributed by atoms with E-state index in [1.54, 1.807) is 80.2 Å². The number of aromatic nitrogens is 6. The van der Waals surface area contributed by atoms with Crippen LogP contribution in [0.15, 0.2) is 97.8 Å². The molecule has 0 atom stereocenters. The smallest absolute Gasteiger partial charge is 0.410 e. The molecule has 77 heavy (non-hydrogen) atoms. The van der Waals surface area contributed by atoms with Gasteiger partial charge in [0.25, 0.3) is 5.78 Å². The van der Waals surface area contributed by atoms with Crippen molar-refractivity contribution in [1.82, 2.24) is 37.7 Å². The van der Waals surface area contributed by atoms with Crippen molar-refractivity contribution in [3.05, 3.63) is 143 Å². The lowest BCUT2D eigenvalue weighted by Crippen LogP contribution is -2.37. The highest BCUT2D eigenvalue weighted by Crippen LogP contribution is 2.41. The van der Waals surface area contributed by atoms with E-state index < -0.39 is 46.8 Å². The first-order valence-electron chi connectivity index (χ1n) is 24.6. The van der Waals surface area contributed by atoms with Gasteiger partial charge in [-0.05, 0) is 101 Å². The van der Waals surface area contributed by atoms with Crippen molar-refractivity contribution in [1.29, 1.82) is 0 Å². The lowest BCUT2D eigenvalue weighted by molar-refractivity contribution is -0.135. The quantitative estimate of drug-likeness (QED) is 0.0552. The zero-order chi connectivity index (χ0) is 55.2. The molecule has 21 heteroatoms. The molecule has 0 saturated carbocycles. The molecule has 0 saturated heterocycles. The number of methoxy groups -OCH3 is 1. The van der Waals surface area contributed by atoms with E-state index in [2.05, 4.69) is 14.7 Å². The van der Waals surface area contributed by atoms with Gasteiger partial charge in [-0.25, -0.2) is 33.1 Å². The Balaban J connectivity index is 0.000000157. The molecule has 8 aromatic rings. The van der Waals surface area contributed by atoms with Crippen LogP contribution in [0, 0.1) is 11.6 Å². The van der Waals surface area contributed by atoms with Gasteiger partial charge in [-0.15, -0.1) is 0 Å². The molecule has 8 heterocycles. The Labute approximate surface area is 439 Å². The molecule has 398 valence electrons. The molecule has 0 spiro atoms. The van der Waals surface area contributed by atoms with E-state index in [1.807, 2.05) is 51.6 Å². The molecular weight excluding hydrogens is 997 g/mol. The number of nitrogens with zero attached hydrogens (tertiary/aromatic N) is 8. The van der Waals surface area contributed by atoms with Gasteiger partial charge in [-0.1, -0.05) is 12.1 Å². The number of imidazole rings is 2. The lowest BCUT2D eigenvalue weighted by atomic mass is 9.98. The number of carbonyl (C=O) groups is 7. The summed E-state index contributed by atoms with van der Waals surface area (Å²) >= 11 is 0. The van der Waals surface area contributed by atoms with Crippen LogP contribution >= 0.6 is 0 Å². The Morgan fingerprint density at radius 2 is 1.18 bits per heavy atom. The van der Waals surface area contributed by atoms with Crippen molar-refractivity contribution < 1.29 is 56.6 Å². The number of rotatable bonds is 6. The second kappa shape index (κ2) is 20.6. The number of nitrogens with two attached hydrogens (primary N) is 1. The van der Waals surface area contributed by atoms with Crippen LogP contribution in [0.5, 0.6) is 0 Å². The summed E-state index contributed by atoms with van der Waals surface area (Å²) in [5.74, 6) is -3.81. The number of amides is 3. The van der Waals surface area contributed by atoms with Gasteiger partial charge in [0.05, 0.1) is 72.8 Å². The van der Waals surface area contributed by atoms with Crippen molar-refractivity contribution >= 4 is 85.7 Å². The standard InChI is InChI=1S/C28H25FN4O4.C19H21FN2O5.C9H9N3O/c1-28(2,3)37-27(36)32-9-8-31-15-19(18-11-17(29)10-16(14-32)26(18)31)24-21(34)12-22(35)25(24)20-13-30-23-6-4-5-7-33(20)23;1-19(2,3)27-18(25)22-6-5-21-10-14(16(23)17(24)26-4)13-8-12(20)7-11(9-22)15(13)21;10-8(13)5-7-6-11-9-3-1-2-4-12(7)9/h4-7,10-11,13,15H,8-9,12,14H2,1-3H3;7-8,10H,5-6,9H2,1-4H3;1-4,6H,5H2,(H2,10,13). The fraction of sp³-hybridized carbons (Fsp3) is 0.304. The monoisotopic (exact) mass is 1050 g/mol. The van der Waals surface area contributed by atoms with Gasteiger partial charge < -0.3 is 43.3 Å². The van der Waals surface area contributed by atoms with E-state index in [4.69, 9.17) is 15.2 Å². The summed E-state index contributed by atoms with van der Waals surface area (Å²) in [7, 11) is 1.12. The van der Waals surface area contributed by atoms with Crippen molar-refractivity contribution in [2.24, 2.45) is 5.73 Å². The van der Waals surface area contributed by atoms with E-state index >= 15 is 0 Å². The number of pyridine rings is 2. The number of Topliss-reactive ketones (excluding diaryl/α,β-unsaturated/α-hetero) is 3. The summed E-state index contributed by atoms with van der Waals surface area (Å²) in [6, 6.07) is 16.5. The molecule has 19 nitrogen and oxygen atoms in total. The average molecular weight is 1050 g/mol. The topological polar surface area (TPSA) is 224 Å². The van der Waals surface area contributed by atoms with Gasteiger partial charge in [0.1, 0.15) is 34.1 Å². The zero-order valence-electron chi connectivity index (χ0n) is 43.4. The van der Waals surface area contributed by atoms with Crippen LogP contribution in [0.1, 0.15) is 86.4 Å². The molecule has 0 bridgehead atoms. The summed E-state index contributed by atoms with van der Waals surface area (Å²) in [5.41, 5.74) is 10.3. The second-order valence-corrected chi connectivity index (χ2v) is 20.7. The Bertz CT molecular complexity index is 3780. The molecule has 0 unspecified atom stereocenters. The average Bonchev–Trinajstić information content (AvgIpc) is 4.32. The highest BCUT2D eigenvalue weighted by Gasteiger charge is 2.37. The van der Waals surface area contributed by atoms with E-state index in [1.165, 1.54) is 35.4 Å². The number of ether oxygens (including phenoxy) is 3. The summed E-state index contributed by atoms with van der Waals surface area (Å²) in [6.45, 7) is 12.5. The Morgan fingerprint density at radius 3 is 1.75 bits per heavy atom. The fourth-order valence-corrected chi connectivity index (χ4v) is 9.72. The van der Waals surface area contributed by atoms with E-state index in [0.29, 0.717) is 76.1 Å². The van der Waals surface area contributed by atoms with Crippen molar-refractivity contribution in [2.75, 3.05) is 20.2 Å². The maximum atomic E-state index is 14.9. The molecule has 3 aliphatic rings. The molecule has 11 rings (SSSR count). The molecule has 2 aromatic carbocycles. The van der Waals surface area contributed by atoms with Crippen molar-refractivity contribution in [3.8, 4) is 0 Å². The normalized spacial score (nSPS) is 14.5. The number of ketones is 3. The third-order valence-corrected chi connectivity index (χ3v) is 12.8. The number of hydrogen-bond donors (Lipinski definition) is 1. The van der Waals surface area contributed by atoms with Crippen molar-refractivity contribution in [3.63, 3.8) is 0 Å².